The number of pyridine rings is 1. The Labute approximate surface area is 126 Å². The largest absolute Gasteiger partial charge is 0.409 e. The summed E-state index contributed by atoms with van der Waals surface area (Å²) in [6.45, 7) is 11.6. The second kappa shape index (κ2) is 6.76. The van der Waals surface area contributed by atoms with E-state index in [4.69, 9.17) is 10.9 Å². The number of aryl methyl sites for hydroxylation is 1. The fraction of sp³-hybridized carbons (Fsp3) is 0.600. The van der Waals surface area contributed by atoms with Crippen molar-refractivity contribution in [3.8, 4) is 0 Å². The van der Waals surface area contributed by atoms with E-state index in [1.807, 2.05) is 19.1 Å². The highest BCUT2D eigenvalue weighted by Crippen LogP contribution is 2.17. The molecule has 21 heavy (non-hydrogen) atoms. The maximum atomic E-state index is 8.82. The zero-order valence-electron chi connectivity index (χ0n) is 13.1. The molecule has 0 unspecified atom stereocenters. The molecule has 0 aromatic carbocycles. The monoisotopic (exact) mass is 291 g/mol. The lowest BCUT2D eigenvalue weighted by atomic mass is 10.1. The first-order valence-corrected chi connectivity index (χ1v) is 7.43. The van der Waals surface area contributed by atoms with Crippen LogP contribution in [0.25, 0.3) is 0 Å². The third-order valence-corrected chi connectivity index (χ3v) is 3.66. The van der Waals surface area contributed by atoms with E-state index in [0.717, 1.165) is 44.2 Å². The van der Waals surface area contributed by atoms with E-state index in [-0.39, 0.29) is 5.84 Å². The third kappa shape index (κ3) is 4.07. The summed E-state index contributed by atoms with van der Waals surface area (Å²) in [7, 11) is 0. The number of anilines is 1. The van der Waals surface area contributed by atoms with Gasteiger partial charge in [-0.3, -0.25) is 4.90 Å². The standard InChI is InChI=1S/C15H25N5O/c1-11(2)10-19-4-6-20(7-5-19)14-9-13(15(16)18-21)8-12(3)17-14/h8-9,11,21H,4-7,10H2,1-3H3,(H2,16,18). The van der Waals surface area contributed by atoms with Crippen LogP contribution in [0.2, 0.25) is 0 Å². The van der Waals surface area contributed by atoms with Crippen molar-refractivity contribution < 1.29 is 5.21 Å². The van der Waals surface area contributed by atoms with Crippen molar-refractivity contribution in [1.29, 1.82) is 0 Å². The van der Waals surface area contributed by atoms with E-state index < -0.39 is 0 Å². The summed E-state index contributed by atoms with van der Waals surface area (Å²) in [6, 6.07) is 3.72. The summed E-state index contributed by atoms with van der Waals surface area (Å²) < 4.78 is 0. The molecule has 1 saturated heterocycles. The SMILES string of the molecule is Cc1cc(/C(N)=N/O)cc(N2CCN(CC(C)C)CC2)n1. The highest BCUT2D eigenvalue weighted by Gasteiger charge is 2.19. The molecule has 0 aliphatic carbocycles. The predicted molar refractivity (Wildman–Crippen MR) is 85.0 cm³/mol. The first kappa shape index (κ1) is 15.6. The Morgan fingerprint density at radius 2 is 2.00 bits per heavy atom. The van der Waals surface area contributed by atoms with Crippen LogP contribution in [0.15, 0.2) is 17.3 Å². The Morgan fingerprint density at radius 1 is 1.33 bits per heavy atom. The molecule has 1 aliphatic heterocycles. The molecule has 1 fully saturated rings. The van der Waals surface area contributed by atoms with Gasteiger partial charge < -0.3 is 15.8 Å². The van der Waals surface area contributed by atoms with Crippen molar-refractivity contribution in [2.45, 2.75) is 20.8 Å². The van der Waals surface area contributed by atoms with Crippen LogP contribution < -0.4 is 10.6 Å². The molecule has 0 amide bonds. The smallest absolute Gasteiger partial charge is 0.170 e. The number of nitrogens with two attached hydrogens (primary N) is 1. The third-order valence-electron chi connectivity index (χ3n) is 3.66. The first-order chi connectivity index (χ1) is 9.99. The van der Waals surface area contributed by atoms with Crippen LogP contribution in [0.1, 0.15) is 25.1 Å². The van der Waals surface area contributed by atoms with Crippen LogP contribution in [0.3, 0.4) is 0 Å². The van der Waals surface area contributed by atoms with Crippen molar-refractivity contribution in [2.24, 2.45) is 16.8 Å². The molecular formula is C15H25N5O. The Balaban J connectivity index is 2.08. The highest BCUT2D eigenvalue weighted by molar-refractivity contribution is 5.97. The number of hydrogen-bond donors (Lipinski definition) is 2. The Kier molecular flexibility index (Phi) is 5.01. The second-order valence-corrected chi connectivity index (χ2v) is 6.02. The number of hydrogen-bond acceptors (Lipinski definition) is 5. The summed E-state index contributed by atoms with van der Waals surface area (Å²) in [4.78, 5) is 9.32. The number of amidine groups is 1. The van der Waals surface area contributed by atoms with Crippen LogP contribution in [0, 0.1) is 12.8 Å². The van der Waals surface area contributed by atoms with Gasteiger partial charge in [0.2, 0.25) is 0 Å². The molecule has 1 aromatic rings. The predicted octanol–water partition coefficient (Wildman–Crippen LogP) is 1.26. The summed E-state index contributed by atoms with van der Waals surface area (Å²) in [5.74, 6) is 1.72. The van der Waals surface area contributed by atoms with E-state index in [2.05, 4.69) is 33.8 Å². The summed E-state index contributed by atoms with van der Waals surface area (Å²) in [5.41, 5.74) is 7.27. The first-order valence-electron chi connectivity index (χ1n) is 7.43. The zero-order valence-corrected chi connectivity index (χ0v) is 13.1. The van der Waals surface area contributed by atoms with E-state index in [0.29, 0.717) is 11.5 Å². The molecule has 1 aromatic heterocycles. The molecule has 0 radical (unpaired) electrons. The Morgan fingerprint density at radius 3 is 2.57 bits per heavy atom. The van der Waals surface area contributed by atoms with Gasteiger partial charge in [0.1, 0.15) is 5.82 Å². The van der Waals surface area contributed by atoms with Crippen molar-refractivity contribution in [3.05, 3.63) is 23.4 Å². The van der Waals surface area contributed by atoms with Crippen molar-refractivity contribution in [2.75, 3.05) is 37.6 Å². The van der Waals surface area contributed by atoms with E-state index in [1.54, 1.807) is 0 Å². The van der Waals surface area contributed by atoms with E-state index in [9.17, 15) is 0 Å². The second-order valence-electron chi connectivity index (χ2n) is 6.02. The van der Waals surface area contributed by atoms with Gasteiger partial charge in [0.05, 0.1) is 0 Å². The molecular weight excluding hydrogens is 266 g/mol. The molecule has 1 aliphatic rings. The number of piperazine rings is 1. The average molecular weight is 291 g/mol. The lowest BCUT2D eigenvalue weighted by Crippen LogP contribution is -2.47. The molecule has 3 N–H and O–H groups in total. The number of nitrogens with zero attached hydrogens (tertiary/aromatic N) is 4. The highest BCUT2D eigenvalue weighted by atomic mass is 16.4. The maximum absolute atomic E-state index is 8.82. The van der Waals surface area contributed by atoms with Crippen LogP contribution >= 0.6 is 0 Å². The Bertz CT molecular complexity index is 507. The van der Waals surface area contributed by atoms with Crippen molar-refractivity contribution >= 4 is 11.7 Å². The van der Waals surface area contributed by atoms with Crippen LogP contribution in [0.5, 0.6) is 0 Å². The molecule has 0 spiro atoms. The van der Waals surface area contributed by atoms with E-state index in [1.165, 1.54) is 0 Å². The minimum absolute atomic E-state index is 0.125. The zero-order chi connectivity index (χ0) is 15.4. The maximum Gasteiger partial charge on any atom is 0.170 e. The summed E-state index contributed by atoms with van der Waals surface area (Å²) >= 11 is 0. The molecule has 0 atom stereocenters. The molecule has 0 saturated carbocycles. The van der Waals surface area contributed by atoms with Gasteiger partial charge in [-0.15, -0.1) is 0 Å². The Hall–Kier alpha value is -1.82. The molecule has 2 heterocycles. The minimum atomic E-state index is 0.125. The van der Waals surface area contributed by atoms with Gasteiger partial charge in [0, 0.05) is 44.0 Å². The lowest BCUT2D eigenvalue weighted by molar-refractivity contribution is 0.231. The number of rotatable bonds is 4. The molecule has 116 valence electrons. The van der Waals surface area contributed by atoms with Gasteiger partial charge in [0.15, 0.2) is 5.84 Å². The van der Waals surface area contributed by atoms with Gasteiger partial charge in [-0.2, -0.15) is 0 Å². The fourth-order valence-corrected chi connectivity index (χ4v) is 2.69. The van der Waals surface area contributed by atoms with Gasteiger partial charge in [0.25, 0.3) is 0 Å². The van der Waals surface area contributed by atoms with Crippen molar-refractivity contribution in [3.63, 3.8) is 0 Å². The van der Waals surface area contributed by atoms with Crippen LogP contribution in [-0.4, -0.2) is 53.7 Å². The summed E-state index contributed by atoms with van der Waals surface area (Å²) in [5, 5.41) is 11.9. The summed E-state index contributed by atoms with van der Waals surface area (Å²) in [6.07, 6.45) is 0. The fourth-order valence-electron chi connectivity index (χ4n) is 2.69. The topological polar surface area (TPSA) is 78.0 Å². The molecule has 2 rings (SSSR count). The van der Waals surface area contributed by atoms with Gasteiger partial charge in [-0.25, -0.2) is 4.98 Å². The average Bonchev–Trinajstić information content (AvgIpc) is 2.46. The van der Waals surface area contributed by atoms with Crippen LogP contribution in [0.4, 0.5) is 5.82 Å². The normalized spacial score (nSPS) is 17.5. The van der Waals surface area contributed by atoms with E-state index >= 15 is 0 Å². The molecule has 6 nitrogen and oxygen atoms in total. The van der Waals surface area contributed by atoms with Crippen molar-refractivity contribution in [1.82, 2.24) is 9.88 Å². The van der Waals surface area contributed by atoms with Crippen LogP contribution in [-0.2, 0) is 0 Å². The lowest BCUT2D eigenvalue weighted by Gasteiger charge is -2.36. The molecule has 0 bridgehead atoms. The molecule has 6 heteroatoms. The van der Waals surface area contributed by atoms with Gasteiger partial charge in [-0.05, 0) is 25.0 Å². The van der Waals surface area contributed by atoms with Gasteiger partial charge in [-0.1, -0.05) is 19.0 Å². The quantitative estimate of drug-likeness (QED) is 0.378. The van der Waals surface area contributed by atoms with Gasteiger partial charge >= 0.3 is 0 Å². The minimum Gasteiger partial charge on any atom is -0.409 e. The number of oxime groups is 1. The number of aromatic nitrogens is 1.